The standard InChI is InChI=1S/C17H33N/c1-14-11-16(13-17(2,3)12-14)18-10-9-15-7-5-4-6-8-15/h14-16,18H,4-13H2,1-3H3. The molecule has 0 aromatic rings. The second kappa shape index (κ2) is 6.41. The molecular weight excluding hydrogens is 218 g/mol. The van der Waals surface area contributed by atoms with E-state index in [1.54, 1.807) is 0 Å². The molecule has 0 saturated heterocycles. The third kappa shape index (κ3) is 4.57. The highest BCUT2D eigenvalue weighted by molar-refractivity contribution is 4.86. The zero-order valence-electron chi connectivity index (χ0n) is 12.8. The van der Waals surface area contributed by atoms with E-state index in [9.17, 15) is 0 Å². The van der Waals surface area contributed by atoms with Crippen molar-refractivity contribution >= 4 is 0 Å². The van der Waals surface area contributed by atoms with Crippen molar-refractivity contribution in [3.63, 3.8) is 0 Å². The topological polar surface area (TPSA) is 12.0 Å². The molecule has 2 atom stereocenters. The van der Waals surface area contributed by atoms with E-state index in [-0.39, 0.29) is 0 Å². The second-order valence-corrected chi connectivity index (χ2v) is 7.86. The molecule has 0 spiro atoms. The van der Waals surface area contributed by atoms with Crippen molar-refractivity contribution in [1.29, 1.82) is 0 Å². The first-order valence-corrected chi connectivity index (χ1v) is 8.28. The lowest BCUT2D eigenvalue weighted by Gasteiger charge is -2.39. The van der Waals surface area contributed by atoms with Gasteiger partial charge in [-0.1, -0.05) is 52.9 Å². The summed E-state index contributed by atoms with van der Waals surface area (Å²) in [6.07, 6.45) is 13.0. The highest BCUT2D eigenvalue weighted by Gasteiger charge is 2.31. The van der Waals surface area contributed by atoms with Crippen LogP contribution in [-0.2, 0) is 0 Å². The predicted octanol–water partition coefficient (Wildman–Crippen LogP) is 4.76. The smallest absolute Gasteiger partial charge is 0.00746 e. The van der Waals surface area contributed by atoms with E-state index in [1.165, 1.54) is 64.3 Å². The first-order chi connectivity index (χ1) is 8.55. The molecule has 0 aromatic carbocycles. The molecule has 2 fully saturated rings. The van der Waals surface area contributed by atoms with Gasteiger partial charge in [0, 0.05) is 6.04 Å². The Bertz CT molecular complexity index is 240. The van der Waals surface area contributed by atoms with Crippen LogP contribution in [0.25, 0.3) is 0 Å². The van der Waals surface area contributed by atoms with Gasteiger partial charge in [-0.2, -0.15) is 0 Å². The molecule has 2 aliphatic carbocycles. The van der Waals surface area contributed by atoms with Gasteiger partial charge in [0.25, 0.3) is 0 Å². The van der Waals surface area contributed by atoms with Gasteiger partial charge in [-0.3, -0.25) is 0 Å². The van der Waals surface area contributed by atoms with Crippen LogP contribution in [0, 0.1) is 17.3 Å². The summed E-state index contributed by atoms with van der Waals surface area (Å²) in [6, 6.07) is 0.785. The molecule has 1 nitrogen and oxygen atoms in total. The van der Waals surface area contributed by atoms with Gasteiger partial charge in [-0.05, 0) is 49.5 Å². The molecule has 2 saturated carbocycles. The zero-order chi connectivity index (χ0) is 13.0. The molecule has 1 N–H and O–H groups in total. The fourth-order valence-corrected chi connectivity index (χ4v) is 4.47. The van der Waals surface area contributed by atoms with Crippen molar-refractivity contribution in [2.75, 3.05) is 6.54 Å². The maximum absolute atomic E-state index is 3.85. The Labute approximate surface area is 114 Å². The van der Waals surface area contributed by atoms with Crippen LogP contribution in [-0.4, -0.2) is 12.6 Å². The van der Waals surface area contributed by atoms with Crippen LogP contribution < -0.4 is 5.32 Å². The van der Waals surface area contributed by atoms with Crippen LogP contribution >= 0.6 is 0 Å². The molecule has 18 heavy (non-hydrogen) atoms. The van der Waals surface area contributed by atoms with Gasteiger partial charge in [-0.15, -0.1) is 0 Å². The Balaban J connectivity index is 1.66. The maximum atomic E-state index is 3.85. The second-order valence-electron chi connectivity index (χ2n) is 7.86. The third-order valence-corrected chi connectivity index (χ3v) is 5.10. The third-order valence-electron chi connectivity index (χ3n) is 5.10. The van der Waals surface area contributed by atoms with E-state index in [0.717, 1.165) is 17.9 Å². The molecule has 0 amide bonds. The normalized spacial score (nSPS) is 33.5. The monoisotopic (exact) mass is 251 g/mol. The predicted molar refractivity (Wildman–Crippen MR) is 79.8 cm³/mol. The van der Waals surface area contributed by atoms with E-state index < -0.39 is 0 Å². The van der Waals surface area contributed by atoms with Crippen molar-refractivity contribution in [1.82, 2.24) is 5.32 Å². The number of nitrogens with one attached hydrogen (secondary N) is 1. The van der Waals surface area contributed by atoms with Crippen LogP contribution in [0.2, 0.25) is 0 Å². The largest absolute Gasteiger partial charge is 0.314 e. The first-order valence-electron chi connectivity index (χ1n) is 8.28. The molecule has 2 aliphatic rings. The first kappa shape index (κ1) is 14.4. The summed E-state index contributed by atoms with van der Waals surface area (Å²) in [4.78, 5) is 0. The SMILES string of the molecule is CC1CC(NCCC2CCCCC2)CC(C)(C)C1. The molecule has 0 aromatic heterocycles. The van der Waals surface area contributed by atoms with Crippen LogP contribution in [0.4, 0.5) is 0 Å². The Hall–Kier alpha value is -0.0400. The number of rotatable bonds is 4. The van der Waals surface area contributed by atoms with Crippen molar-refractivity contribution in [2.24, 2.45) is 17.3 Å². The zero-order valence-corrected chi connectivity index (χ0v) is 12.8. The lowest BCUT2D eigenvalue weighted by molar-refractivity contribution is 0.150. The van der Waals surface area contributed by atoms with E-state index in [4.69, 9.17) is 0 Å². The van der Waals surface area contributed by atoms with Crippen molar-refractivity contribution in [3.05, 3.63) is 0 Å². The average Bonchev–Trinajstić information content (AvgIpc) is 2.27. The van der Waals surface area contributed by atoms with E-state index in [0.29, 0.717) is 5.41 Å². The average molecular weight is 251 g/mol. The highest BCUT2D eigenvalue weighted by atomic mass is 14.9. The lowest BCUT2D eigenvalue weighted by Crippen LogP contribution is -2.40. The van der Waals surface area contributed by atoms with Gasteiger partial charge in [-0.25, -0.2) is 0 Å². The highest BCUT2D eigenvalue weighted by Crippen LogP contribution is 2.38. The molecule has 0 radical (unpaired) electrons. The molecule has 0 bridgehead atoms. The minimum Gasteiger partial charge on any atom is -0.314 e. The molecule has 0 aliphatic heterocycles. The minimum atomic E-state index is 0.556. The van der Waals surface area contributed by atoms with Gasteiger partial charge in [0.1, 0.15) is 0 Å². The van der Waals surface area contributed by atoms with Gasteiger partial charge in [0.15, 0.2) is 0 Å². The van der Waals surface area contributed by atoms with E-state index >= 15 is 0 Å². The minimum absolute atomic E-state index is 0.556. The summed E-state index contributed by atoms with van der Waals surface area (Å²) >= 11 is 0. The summed E-state index contributed by atoms with van der Waals surface area (Å²) in [6.45, 7) is 8.58. The summed E-state index contributed by atoms with van der Waals surface area (Å²) < 4.78 is 0. The van der Waals surface area contributed by atoms with Gasteiger partial charge in [0.05, 0.1) is 0 Å². The lowest BCUT2D eigenvalue weighted by atomic mass is 9.70. The summed E-state index contributed by atoms with van der Waals surface area (Å²) in [5.41, 5.74) is 0.556. The number of hydrogen-bond donors (Lipinski definition) is 1. The van der Waals surface area contributed by atoms with Crippen molar-refractivity contribution < 1.29 is 0 Å². The Morgan fingerprint density at radius 1 is 1.06 bits per heavy atom. The molecule has 2 rings (SSSR count). The Morgan fingerprint density at radius 3 is 2.44 bits per heavy atom. The van der Waals surface area contributed by atoms with Crippen LogP contribution in [0.5, 0.6) is 0 Å². The van der Waals surface area contributed by atoms with Crippen LogP contribution in [0.15, 0.2) is 0 Å². The fourth-order valence-electron chi connectivity index (χ4n) is 4.47. The molecule has 2 unspecified atom stereocenters. The Morgan fingerprint density at radius 2 is 1.78 bits per heavy atom. The quantitative estimate of drug-likeness (QED) is 0.759. The summed E-state index contributed by atoms with van der Waals surface area (Å²) in [5.74, 6) is 1.93. The van der Waals surface area contributed by atoms with Gasteiger partial charge >= 0.3 is 0 Å². The number of hydrogen-bond acceptors (Lipinski definition) is 1. The summed E-state index contributed by atoms with van der Waals surface area (Å²) in [5, 5.41) is 3.85. The molecule has 1 heteroatoms. The molecule has 0 heterocycles. The Kier molecular flexibility index (Phi) is 5.12. The van der Waals surface area contributed by atoms with E-state index in [1.807, 2.05) is 0 Å². The van der Waals surface area contributed by atoms with E-state index in [2.05, 4.69) is 26.1 Å². The molecular formula is C17H33N. The van der Waals surface area contributed by atoms with Crippen LogP contribution in [0.1, 0.15) is 78.6 Å². The fraction of sp³-hybridized carbons (Fsp3) is 1.00. The van der Waals surface area contributed by atoms with Crippen LogP contribution in [0.3, 0.4) is 0 Å². The van der Waals surface area contributed by atoms with Crippen molar-refractivity contribution in [3.8, 4) is 0 Å². The van der Waals surface area contributed by atoms with Crippen molar-refractivity contribution in [2.45, 2.75) is 84.6 Å². The summed E-state index contributed by atoms with van der Waals surface area (Å²) in [7, 11) is 0. The molecule has 106 valence electrons. The maximum Gasteiger partial charge on any atom is 0.00746 e. The van der Waals surface area contributed by atoms with Gasteiger partial charge < -0.3 is 5.32 Å². The van der Waals surface area contributed by atoms with Gasteiger partial charge in [0.2, 0.25) is 0 Å².